The number of anilines is 1. The van der Waals surface area contributed by atoms with Crippen LogP contribution < -0.4 is 15.9 Å². The van der Waals surface area contributed by atoms with Crippen molar-refractivity contribution in [2.24, 2.45) is 0 Å². The summed E-state index contributed by atoms with van der Waals surface area (Å²) < 4.78 is 6.72. The van der Waals surface area contributed by atoms with Crippen molar-refractivity contribution in [3.05, 3.63) is 59.5 Å². The monoisotopic (exact) mass is 466 g/mol. The van der Waals surface area contributed by atoms with E-state index in [-0.39, 0.29) is 11.7 Å². The van der Waals surface area contributed by atoms with Gasteiger partial charge < -0.3 is 15.9 Å². The second-order valence-electron chi connectivity index (χ2n) is 6.80. The van der Waals surface area contributed by atoms with Crippen molar-refractivity contribution < 1.29 is 9.53 Å². The van der Waals surface area contributed by atoms with Crippen molar-refractivity contribution in [2.75, 3.05) is 24.0 Å². The Balaban J connectivity index is 1.38. The van der Waals surface area contributed by atoms with Gasteiger partial charge in [0.05, 0.1) is 24.1 Å². The van der Waals surface area contributed by atoms with Crippen LogP contribution in [0, 0.1) is 0 Å². The number of para-hydroxylation sites is 1. The Bertz CT molecular complexity index is 1220. The molecule has 0 spiro atoms. The molecule has 2 aromatic heterocycles. The van der Waals surface area contributed by atoms with E-state index in [1.165, 1.54) is 33.3 Å². The summed E-state index contributed by atoms with van der Waals surface area (Å²) in [5.74, 6) is 7.20. The van der Waals surface area contributed by atoms with Gasteiger partial charge in [-0.3, -0.25) is 4.79 Å². The maximum Gasteiger partial charge on any atom is 0.236 e. The van der Waals surface area contributed by atoms with E-state index in [4.69, 9.17) is 10.6 Å². The molecule has 0 aliphatic heterocycles. The Morgan fingerprint density at radius 3 is 2.72 bits per heavy atom. The van der Waals surface area contributed by atoms with E-state index in [0.717, 1.165) is 23.2 Å². The van der Waals surface area contributed by atoms with E-state index in [1.807, 2.05) is 41.8 Å². The number of nitrogens with zero attached hydrogens (tertiary/aromatic N) is 4. The predicted octanol–water partition coefficient (Wildman–Crippen LogP) is 4.08. The number of aryl methyl sites for hydroxylation is 1. The molecule has 0 bridgehead atoms. The summed E-state index contributed by atoms with van der Waals surface area (Å²) in [6.45, 7) is 2.12. The van der Waals surface area contributed by atoms with E-state index in [2.05, 4.69) is 39.6 Å². The molecule has 0 unspecified atom stereocenters. The molecule has 2 heterocycles. The first-order valence-corrected chi connectivity index (χ1v) is 11.8. The summed E-state index contributed by atoms with van der Waals surface area (Å²) in [4.78, 5) is 16.9. The SMILES string of the molecule is CCc1ccc(-c2csc(NC(=O)CSc3nnc(-c4ccccc4OC)n3N)n2)cc1. The number of benzene rings is 2. The third kappa shape index (κ3) is 4.76. The van der Waals surface area contributed by atoms with Crippen LogP contribution in [0.3, 0.4) is 0 Å². The van der Waals surface area contributed by atoms with Gasteiger partial charge in [0.2, 0.25) is 11.1 Å². The minimum Gasteiger partial charge on any atom is -0.496 e. The first kappa shape index (κ1) is 21.8. The zero-order chi connectivity index (χ0) is 22.5. The van der Waals surface area contributed by atoms with Crippen LogP contribution in [-0.4, -0.2) is 38.6 Å². The Labute approximate surface area is 193 Å². The average molecular weight is 467 g/mol. The smallest absolute Gasteiger partial charge is 0.236 e. The second kappa shape index (κ2) is 9.84. The van der Waals surface area contributed by atoms with Crippen LogP contribution in [0.1, 0.15) is 12.5 Å². The van der Waals surface area contributed by atoms with Crippen molar-refractivity contribution in [1.82, 2.24) is 19.9 Å². The molecule has 8 nitrogen and oxygen atoms in total. The van der Waals surface area contributed by atoms with Crippen LogP contribution in [0.25, 0.3) is 22.6 Å². The van der Waals surface area contributed by atoms with Gasteiger partial charge in [0.1, 0.15) is 5.75 Å². The number of hydrogen-bond acceptors (Lipinski definition) is 8. The van der Waals surface area contributed by atoms with Crippen LogP contribution in [0.5, 0.6) is 5.75 Å². The number of carbonyl (C=O) groups excluding carboxylic acids is 1. The van der Waals surface area contributed by atoms with Gasteiger partial charge in [-0.05, 0) is 24.1 Å². The normalized spacial score (nSPS) is 10.8. The fraction of sp³-hybridized carbons (Fsp3) is 0.182. The molecule has 0 radical (unpaired) electrons. The molecule has 1 amide bonds. The standard InChI is InChI=1S/C22H22N6O2S2/c1-3-14-8-10-15(11-9-14)17-12-31-21(24-17)25-19(29)13-32-22-27-26-20(28(22)23)16-6-4-5-7-18(16)30-2/h4-12H,3,13,23H2,1-2H3,(H,24,25,29). The van der Waals surface area contributed by atoms with Gasteiger partial charge in [-0.15, -0.1) is 21.5 Å². The number of rotatable bonds is 8. The molecule has 32 heavy (non-hydrogen) atoms. The van der Waals surface area contributed by atoms with Crippen LogP contribution >= 0.6 is 23.1 Å². The predicted molar refractivity (Wildman–Crippen MR) is 128 cm³/mol. The summed E-state index contributed by atoms with van der Waals surface area (Å²) in [5.41, 5.74) is 3.86. The number of nitrogens with two attached hydrogens (primary N) is 1. The maximum absolute atomic E-state index is 12.4. The molecule has 0 aliphatic rings. The average Bonchev–Trinajstić information content (AvgIpc) is 3.44. The van der Waals surface area contributed by atoms with Gasteiger partial charge >= 0.3 is 0 Å². The van der Waals surface area contributed by atoms with Crippen LogP contribution in [0.15, 0.2) is 59.1 Å². The highest BCUT2D eigenvalue weighted by Crippen LogP contribution is 2.29. The fourth-order valence-corrected chi connectivity index (χ4v) is 4.44. The van der Waals surface area contributed by atoms with Gasteiger partial charge in [-0.2, -0.15) is 0 Å². The van der Waals surface area contributed by atoms with Crippen molar-refractivity contribution >= 4 is 34.1 Å². The lowest BCUT2D eigenvalue weighted by Crippen LogP contribution is -2.16. The summed E-state index contributed by atoms with van der Waals surface area (Å²) in [6, 6.07) is 15.7. The Kier molecular flexibility index (Phi) is 6.72. The van der Waals surface area contributed by atoms with Crippen LogP contribution in [-0.2, 0) is 11.2 Å². The topological polar surface area (TPSA) is 108 Å². The lowest BCUT2D eigenvalue weighted by atomic mass is 10.1. The van der Waals surface area contributed by atoms with Gasteiger partial charge in [0.25, 0.3) is 0 Å². The Morgan fingerprint density at radius 2 is 1.97 bits per heavy atom. The lowest BCUT2D eigenvalue weighted by molar-refractivity contribution is -0.113. The molecule has 3 N–H and O–H groups in total. The number of nitrogens with one attached hydrogen (secondary N) is 1. The summed E-state index contributed by atoms with van der Waals surface area (Å²) in [7, 11) is 1.58. The minimum atomic E-state index is -0.195. The van der Waals surface area contributed by atoms with Gasteiger partial charge in [-0.1, -0.05) is 55.1 Å². The maximum atomic E-state index is 12.4. The van der Waals surface area contributed by atoms with Crippen LogP contribution in [0.2, 0.25) is 0 Å². The Hall–Kier alpha value is -3.37. The largest absolute Gasteiger partial charge is 0.496 e. The molecular formula is C22H22N6O2S2. The molecule has 4 aromatic rings. The van der Waals surface area contributed by atoms with E-state index in [1.54, 1.807) is 7.11 Å². The third-order valence-corrected chi connectivity index (χ3v) is 6.45. The highest BCUT2D eigenvalue weighted by Gasteiger charge is 2.17. The van der Waals surface area contributed by atoms with Gasteiger partial charge in [0.15, 0.2) is 11.0 Å². The highest BCUT2D eigenvalue weighted by molar-refractivity contribution is 7.99. The number of hydrogen-bond donors (Lipinski definition) is 2. The van der Waals surface area contributed by atoms with E-state index in [9.17, 15) is 4.79 Å². The van der Waals surface area contributed by atoms with Gasteiger partial charge in [0, 0.05) is 10.9 Å². The first-order valence-electron chi connectivity index (χ1n) is 9.90. The third-order valence-electron chi connectivity index (χ3n) is 4.75. The molecule has 2 aromatic carbocycles. The molecule has 0 atom stereocenters. The van der Waals surface area contributed by atoms with Crippen molar-refractivity contribution in [2.45, 2.75) is 18.5 Å². The molecule has 0 saturated carbocycles. The number of aromatic nitrogens is 4. The molecular weight excluding hydrogens is 444 g/mol. The number of thioether (sulfide) groups is 1. The summed E-state index contributed by atoms with van der Waals surface area (Å²) in [5, 5.41) is 14.0. The molecule has 4 rings (SSSR count). The minimum absolute atomic E-state index is 0.126. The zero-order valence-corrected chi connectivity index (χ0v) is 19.2. The first-order chi connectivity index (χ1) is 15.6. The summed E-state index contributed by atoms with van der Waals surface area (Å²) >= 11 is 2.59. The quantitative estimate of drug-likeness (QED) is 0.297. The number of nitrogen functional groups attached to an aromatic ring is 1. The highest BCUT2D eigenvalue weighted by atomic mass is 32.2. The molecule has 10 heteroatoms. The van der Waals surface area contributed by atoms with Crippen LogP contribution in [0.4, 0.5) is 5.13 Å². The number of carbonyl (C=O) groups is 1. The zero-order valence-electron chi connectivity index (χ0n) is 17.6. The lowest BCUT2D eigenvalue weighted by Gasteiger charge is -2.07. The number of thiazole rings is 1. The second-order valence-corrected chi connectivity index (χ2v) is 8.60. The van der Waals surface area contributed by atoms with E-state index in [0.29, 0.717) is 21.9 Å². The van der Waals surface area contributed by atoms with Crippen molar-refractivity contribution in [3.8, 4) is 28.4 Å². The Morgan fingerprint density at radius 1 is 1.19 bits per heavy atom. The van der Waals surface area contributed by atoms with Crippen molar-refractivity contribution in [1.29, 1.82) is 0 Å². The summed E-state index contributed by atoms with van der Waals surface area (Å²) in [6.07, 6.45) is 0.993. The van der Waals surface area contributed by atoms with E-state index >= 15 is 0 Å². The number of ether oxygens (including phenoxy) is 1. The molecule has 0 fully saturated rings. The molecule has 164 valence electrons. The number of methoxy groups -OCH3 is 1. The van der Waals surface area contributed by atoms with E-state index < -0.39 is 0 Å². The van der Waals surface area contributed by atoms with Crippen molar-refractivity contribution in [3.63, 3.8) is 0 Å². The molecule has 0 aliphatic carbocycles. The molecule has 0 saturated heterocycles. The van der Waals surface area contributed by atoms with Gasteiger partial charge in [-0.25, -0.2) is 9.66 Å². The fourth-order valence-electron chi connectivity index (χ4n) is 3.05. The number of amides is 1.